The van der Waals surface area contributed by atoms with Crippen molar-refractivity contribution in [3.63, 3.8) is 0 Å². The van der Waals surface area contributed by atoms with Gasteiger partial charge in [-0.15, -0.1) is 0 Å². The summed E-state index contributed by atoms with van der Waals surface area (Å²) in [7, 11) is -0.117. The van der Waals surface area contributed by atoms with E-state index in [1.807, 2.05) is 26.8 Å². The number of rotatable bonds is 5. The van der Waals surface area contributed by atoms with Gasteiger partial charge in [-0.05, 0) is 67.0 Å². The van der Waals surface area contributed by atoms with Crippen LogP contribution in [0.2, 0.25) is 18.1 Å². The Kier molecular flexibility index (Phi) is 7.47. The monoisotopic (exact) mass is 444 g/mol. The standard InChI is InChI=1S/C19H33BrN2O3Si/c1-18(2,3)25-17(23)22(7)16-11-10-14(20)15(21-16)12-13-24-26(8,9)19(4,5)6/h10-11H,12-13H2,1-9H3. The number of nitrogens with zero attached hydrogens (tertiary/aromatic N) is 2. The summed E-state index contributed by atoms with van der Waals surface area (Å²) in [5.74, 6) is 0.560. The van der Waals surface area contributed by atoms with Gasteiger partial charge in [-0.3, -0.25) is 4.90 Å². The van der Waals surface area contributed by atoms with Crippen molar-refractivity contribution in [2.45, 2.75) is 71.7 Å². The van der Waals surface area contributed by atoms with Crippen LogP contribution in [0.4, 0.5) is 10.6 Å². The van der Waals surface area contributed by atoms with E-state index >= 15 is 0 Å². The van der Waals surface area contributed by atoms with Gasteiger partial charge < -0.3 is 9.16 Å². The van der Waals surface area contributed by atoms with E-state index in [2.05, 4.69) is 54.8 Å². The minimum absolute atomic E-state index is 0.177. The van der Waals surface area contributed by atoms with Crippen LogP contribution in [-0.4, -0.2) is 38.7 Å². The van der Waals surface area contributed by atoms with Crippen molar-refractivity contribution in [3.8, 4) is 0 Å². The van der Waals surface area contributed by atoms with Crippen molar-refractivity contribution in [1.29, 1.82) is 0 Å². The van der Waals surface area contributed by atoms with Gasteiger partial charge >= 0.3 is 6.09 Å². The van der Waals surface area contributed by atoms with Gasteiger partial charge in [-0.1, -0.05) is 20.8 Å². The highest BCUT2D eigenvalue weighted by atomic mass is 79.9. The molecule has 0 saturated carbocycles. The molecule has 0 aliphatic heterocycles. The lowest BCUT2D eigenvalue weighted by Crippen LogP contribution is -2.41. The number of pyridine rings is 1. The highest BCUT2D eigenvalue weighted by molar-refractivity contribution is 9.10. The van der Waals surface area contributed by atoms with E-state index in [1.54, 1.807) is 13.1 Å². The van der Waals surface area contributed by atoms with E-state index in [0.717, 1.165) is 10.2 Å². The van der Waals surface area contributed by atoms with Gasteiger partial charge in [0.05, 0.1) is 5.69 Å². The van der Waals surface area contributed by atoms with E-state index in [4.69, 9.17) is 9.16 Å². The number of amides is 1. The maximum absolute atomic E-state index is 12.2. The Labute approximate surface area is 167 Å². The number of carbonyl (C=O) groups is 1. The summed E-state index contributed by atoms with van der Waals surface area (Å²) in [5.41, 5.74) is 0.331. The molecule has 0 saturated heterocycles. The summed E-state index contributed by atoms with van der Waals surface area (Å²) < 4.78 is 12.6. The minimum Gasteiger partial charge on any atom is -0.443 e. The molecular formula is C19H33BrN2O3Si. The summed E-state index contributed by atoms with van der Waals surface area (Å²) in [5, 5.41) is 0.177. The van der Waals surface area contributed by atoms with Crippen molar-refractivity contribution >= 4 is 36.2 Å². The summed E-state index contributed by atoms with van der Waals surface area (Å²) in [4.78, 5) is 18.3. The number of ether oxygens (including phenoxy) is 1. The maximum Gasteiger partial charge on any atom is 0.415 e. The van der Waals surface area contributed by atoms with Crippen LogP contribution in [0.25, 0.3) is 0 Å². The number of hydrogen-bond acceptors (Lipinski definition) is 4. The molecule has 0 N–H and O–H groups in total. The largest absolute Gasteiger partial charge is 0.443 e. The Hall–Kier alpha value is -0.923. The SMILES string of the molecule is CN(C(=O)OC(C)(C)C)c1ccc(Br)c(CCO[Si](C)(C)C(C)(C)C)n1. The Morgan fingerprint density at radius 1 is 1.19 bits per heavy atom. The Morgan fingerprint density at radius 2 is 1.77 bits per heavy atom. The van der Waals surface area contributed by atoms with E-state index < -0.39 is 20.0 Å². The molecule has 5 nitrogen and oxygen atoms in total. The number of carbonyl (C=O) groups excluding carboxylic acids is 1. The van der Waals surface area contributed by atoms with Crippen molar-refractivity contribution in [2.75, 3.05) is 18.6 Å². The van der Waals surface area contributed by atoms with Gasteiger partial charge in [0.25, 0.3) is 0 Å². The smallest absolute Gasteiger partial charge is 0.415 e. The summed E-state index contributed by atoms with van der Waals surface area (Å²) in [6.45, 7) is 17.3. The molecule has 26 heavy (non-hydrogen) atoms. The van der Waals surface area contributed by atoms with Gasteiger partial charge in [0, 0.05) is 24.5 Å². The Morgan fingerprint density at radius 3 is 2.27 bits per heavy atom. The van der Waals surface area contributed by atoms with Crippen molar-refractivity contribution < 1.29 is 14.0 Å². The minimum atomic E-state index is -1.78. The molecule has 1 aromatic heterocycles. The maximum atomic E-state index is 12.2. The van der Waals surface area contributed by atoms with E-state index in [0.29, 0.717) is 18.8 Å². The molecule has 0 fully saturated rings. The molecule has 1 rings (SSSR count). The fraction of sp³-hybridized carbons (Fsp3) is 0.684. The molecule has 0 spiro atoms. The zero-order valence-electron chi connectivity index (χ0n) is 17.6. The molecule has 7 heteroatoms. The molecule has 148 valence electrons. The number of hydrogen-bond donors (Lipinski definition) is 0. The molecule has 0 radical (unpaired) electrons. The number of anilines is 1. The van der Waals surface area contributed by atoms with Gasteiger partial charge in [0.2, 0.25) is 0 Å². The normalized spacial score (nSPS) is 12.8. The first kappa shape index (κ1) is 23.1. The zero-order chi connectivity index (χ0) is 20.3. The molecule has 0 atom stereocenters. The zero-order valence-corrected chi connectivity index (χ0v) is 20.2. The predicted octanol–water partition coefficient (Wildman–Crippen LogP) is 5.78. The first-order valence-electron chi connectivity index (χ1n) is 8.90. The highest BCUT2D eigenvalue weighted by Gasteiger charge is 2.36. The third-order valence-electron chi connectivity index (χ3n) is 4.52. The molecule has 0 aliphatic carbocycles. The average molecular weight is 445 g/mol. The lowest BCUT2D eigenvalue weighted by Gasteiger charge is -2.36. The average Bonchev–Trinajstić information content (AvgIpc) is 2.45. The van der Waals surface area contributed by atoms with Gasteiger partial charge in [-0.2, -0.15) is 0 Å². The fourth-order valence-corrected chi connectivity index (χ4v) is 3.34. The van der Waals surface area contributed by atoms with Crippen LogP contribution in [0.3, 0.4) is 0 Å². The molecule has 1 amide bonds. The van der Waals surface area contributed by atoms with Crippen molar-refractivity contribution in [1.82, 2.24) is 4.98 Å². The lowest BCUT2D eigenvalue weighted by atomic mass is 10.2. The lowest BCUT2D eigenvalue weighted by molar-refractivity contribution is 0.0588. The first-order chi connectivity index (χ1) is 11.6. The quantitative estimate of drug-likeness (QED) is 0.539. The van der Waals surface area contributed by atoms with Gasteiger partial charge in [0.1, 0.15) is 11.4 Å². The summed E-state index contributed by atoms with van der Waals surface area (Å²) in [6, 6.07) is 3.71. The van der Waals surface area contributed by atoms with Crippen molar-refractivity contribution in [3.05, 3.63) is 22.3 Å². The summed E-state index contributed by atoms with van der Waals surface area (Å²) >= 11 is 3.54. The summed E-state index contributed by atoms with van der Waals surface area (Å²) in [6.07, 6.45) is 0.263. The second kappa shape index (κ2) is 8.40. The molecule has 1 heterocycles. The second-order valence-electron chi connectivity index (χ2n) is 9.00. The van der Waals surface area contributed by atoms with Crippen LogP contribution < -0.4 is 4.90 Å². The molecule has 0 aromatic carbocycles. The fourth-order valence-electron chi connectivity index (χ4n) is 1.88. The van der Waals surface area contributed by atoms with E-state index in [1.165, 1.54) is 4.90 Å². The Balaban J connectivity index is 2.83. The van der Waals surface area contributed by atoms with E-state index in [-0.39, 0.29) is 5.04 Å². The topological polar surface area (TPSA) is 51.7 Å². The van der Waals surface area contributed by atoms with Crippen LogP contribution in [0, 0.1) is 0 Å². The highest BCUT2D eigenvalue weighted by Crippen LogP contribution is 2.36. The van der Waals surface area contributed by atoms with Gasteiger partial charge in [0.15, 0.2) is 8.32 Å². The van der Waals surface area contributed by atoms with Crippen LogP contribution in [0.5, 0.6) is 0 Å². The number of aromatic nitrogens is 1. The van der Waals surface area contributed by atoms with Gasteiger partial charge in [-0.25, -0.2) is 9.78 Å². The molecule has 0 bridgehead atoms. The van der Waals surface area contributed by atoms with E-state index in [9.17, 15) is 4.79 Å². The van der Waals surface area contributed by atoms with Crippen LogP contribution in [0.15, 0.2) is 16.6 Å². The molecule has 0 unspecified atom stereocenters. The molecular weight excluding hydrogens is 412 g/mol. The predicted molar refractivity (Wildman–Crippen MR) is 113 cm³/mol. The third kappa shape index (κ3) is 6.67. The van der Waals surface area contributed by atoms with Crippen LogP contribution in [-0.2, 0) is 15.6 Å². The van der Waals surface area contributed by atoms with Crippen molar-refractivity contribution in [2.24, 2.45) is 0 Å². The second-order valence-corrected chi connectivity index (χ2v) is 14.7. The van der Waals surface area contributed by atoms with Crippen LogP contribution >= 0.6 is 15.9 Å². The molecule has 1 aromatic rings. The Bertz CT molecular complexity index is 637. The molecule has 0 aliphatic rings. The van der Waals surface area contributed by atoms with Crippen LogP contribution in [0.1, 0.15) is 47.2 Å². The third-order valence-corrected chi connectivity index (χ3v) is 9.78. The first-order valence-corrected chi connectivity index (χ1v) is 12.6. The number of halogens is 1.